The van der Waals surface area contributed by atoms with E-state index in [0.29, 0.717) is 29.4 Å². The first kappa shape index (κ1) is 24.5. The molecule has 0 spiro atoms. The lowest BCUT2D eigenvalue weighted by molar-refractivity contribution is -0.142. The summed E-state index contributed by atoms with van der Waals surface area (Å²) < 4.78 is 7.08. The van der Waals surface area contributed by atoms with E-state index in [4.69, 9.17) is 4.74 Å². The minimum atomic E-state index is -0.322. The number of amides is 1. The number of carbonyl (C=O) groups is 2. The van der Waals surface area contributed by atoms with Crippen molar-refractivity contribution in [1.82, 2.24) is 19.7 Å². The fourth-order valence-corrected chi connectivity index (χ4v) is 8.29. The summed E-state index contributed by atoms with van der Waals surface area (Å²) >= 11 is 2.68. The van der Waals surface area contributed by atoms with Crippen molar-refractivity contribution in [3.8, 4) is 0 Å². The third-order valence-corrected chi connectivity index (χ3v) is 9.34. The Labute approximate surface area is 214 Å². The first-order valence-electron chi connectivity index (χ1n) is 12.5. The highest BCUT2D eigenvalue weighted by molar-refractivity contribution is 7.99. The number of rotatable bonds is 11. The van der Waals surface area contributed by atoms with E-state index in [9.17, 15) is 9.59 Å². The average Bonchev–Trinajstić information content (AvgIpc) is 3.38. The molecule has 4 fully saturated rings. The van der Waals surface area contributed by atoms with Crippen LogP contribution in [0, 0.1) is 23.2 Å². The zero-order valence-corrected chi connectivity index (χ0v) is 21.8. The van der Waals surface area contributed by atoms with Gasteiger partial charge in [-0.1, -0.05) is 17.8 Å². The zero-order chi connectivity index (χ0) is 24.4. The Kier molecular flexibility index (Phi) is 7.29. The van der Waals surface area contributed by atoms with Gasteiger partial charge in [-0.05, 0) is 68.6 Å². The van der Waals surface area contributed by atoms with Crippen LogP contribution < -0.4 is 5.32 Å². The van der Waals surface area contributed by atoms with Gasteiger partial charge in [-0.3, -0.25) is 9.59 Å². The van der Waals surface area contributed by atoms with Gasteiger partial charge in [0.05, 0.1) is 24.5 Å². The van der Waals surface area contributed by atoms with Gasteiger partial charge >= 0.3 is 5.97 Å². The number of nitrogens with zero attached hydrogens (tertiary/aromatic N) is 4. The summed E-state index contributed by atoms with van der Waals surface area (Å²) in [6.07, 6.45) is 11.2. The van der Waals surface area contributed by atoms with Crippen molar-refractivity contribution in [2.24, 2.45) is 23.2 Å². The summed E-state index contributed by atoms with van der Waals surface area (Å²) in [4.78, 5) is 28.5. The molecule has 2 aromatic rings. The van der Waals surface area contributed by atoms with Crippen LogP contribution in [-0.4, -0.2) is 44.0 Å². The normalized spacial score (nSPS) is 26.6. The Balaban J connectivity index is 1.19. The first-order chi connectivity index (χ1) is 16.9. The number of ether oxygens (including phenoxy) is 1. The van der Waals surface area contributed by atoms with E-state index in [2.05, 4.69) is 31.6 Å². The van der Waals surface area contributed by atoms with Crippen LogP contribution in [0.1, 0.15) is 57.0 Å². The van der Waals surface area contributed by atoms with Gasteiger partial charge in [-0.2, -0.15) is 0 Å². The summed E-state index contributed by atoms with van der Waals surface area (Å²) in [7, 11) is 0. The molecule has 0 unspecified atom stereocenters. The highest BCUT2D eigenvalue weighted by Gasteiger charge is 2.51. The molecule has 4 bridgehead atoms. The molecule has 35 heavy (non-hydrogen) atoms. The van der Waals surface area contributed by atoms with Crippen LogP contribution in [0.3, 0.4) is 0 Å². The highest BCUT2D eigenvalue weighted by Crippen LogP contribution is 2.61. The number of nitrogens with one attached hydrogen (secondary N) is 1. The second-order valence-electron chi connectivity index (χ2n) is 10.4. The molecule has 4 aliphatic carbocycles. The molecule has 8 nitrogen and oxygen atoms in total. The Morgan fingerprint density at radius 3 is 2.63 bits per heavy atom. The standard InChI is InChI=1S/C25H33N5O3S2/c1-3-5-30-20(13-25-10-16-6-17(11-25)8-18(7-16)12-25)28-29-24(30)35-15-21(31)27-23-26-19(14-34-23)9-22(32)33-4-2/h3,14,16-18H,1,4-13,15H2,2H3,(H,26,27,31). The molecule has 0 radical (unpaired) electrons. The number of esters is 1. The molecule has 188 valence electrons. The van der Waals surface area contributed by atoms with Gasteiger partial charge in [-0.15, -0.1) is 28.1 Å². The quantitative estimate of drug-likeness (QED) is 0.267. The van der Waals surface area contributed by atoms with Crippen molar-refractivity contribution in [3.63, 3.8) is 0 Å². The van der Waals surface area contributed by atoms with Crippen LogP contribution in [0.2, 0.25) is 0 Å². The Hall–Kier alpha value is -2.20. The first-order valence-corrected chi connectivity index (χ1v) is 14.4. The third kappa shape index (κ3) is 5.63. The van der Waals surface area contributed by atoms with Gasteiger partial charge in [0, 0.05) is 18.3 Å². The number of aromatic nitrogens is 4. The zero-order valence-electron chi connectivity index (χ0n) is 20.2. The molecule has 0 aromatic carbocycles. The van der Waals surface area contributed by atoms with Gasteiger partial charge in [0.15, 0.2) is 10.3 Å². The molecule has 1 amide bonds. The largest absolute Gasteiger partial charge is 0.466 e. The fourth-order valence-electron chi connectivity index (χ4n) is 6.80. The van der Waals surface area contributed by atoms with Gasteiger partial charge < -0.3 is 14.6 Å². The van der Waals surface area contributed by atoms with Crippen molar-refractivity contribution in [1.29, 1.82) is 0 Å². The van der Waals surface area contributed by atoms with Gasteiger partial charge in [0.1, 0.15) is 5.82 Å². The molecule has 10 heteroatoms. The predicted octanol–water partition coefficient (Wildman–Crippen LogP) is 4.52. The highest BCUT2D eigenvalue weighted by atomic mass is 32.2. The Morgan fingerprint density at radius 1 is 1.26 bits per heavy atom. The van der Waals surface area contributed by atoms with E-state index >= 15 is 0 Å². The number of hydrogen-bond acceptors (Lipinski definition) is 8. The van der Waals surface area contributed by atoms with Gasteiger partial charge in [0.2, 0.25) is 5.91 Å². The predicted molar refractivity (Wildman–Crippen MR) is 136 cm³/mol. The number of allylic oxidation sites excluding steroid dienone is 1. The molecule has 1 N–H and O–H groups in total. The van der Waals surface area contributed by atoms with E-state index in [1.165, 1.54) is 61.6 Å². The van der Waals surface area contributed by atoms with Crippen LogP contribution in [-0.2, 0) is 33.7 Å². The SMILES string of the molecule is C=CCn1c(CC23CC4CC(CC(C4)C2)C3)nnc1SCC(=O)Nc1nc(CC(=O)OCC)cs1. The number of thiazole rings is 1. The molecule has 0 aliphatic heterocycles. The van der Waals surface area contributed by atoms with E-state index in [1.54, 1.807) is 12.3 Å². The maximum atomic E-state index is 12.6. The lowest BCUT2D eigenvalue weighted by Crippen LogP contribution is -2.47. The van der Waals surface area contributed by atoms with E-state index < -0.39 is 0 Å². The molecule has 2 heterocycles. The number of hydrogen-bond donors (Lipinski definition) is 1. The van der Waals surface area contributed by atoms with Crippen LogP contribution in [0.15, 0.2) is 23.2 Å². The third-order valence-electron chi connectivity index (χ3n) is 7.56. The van der Waals surface area contributed by atoms with Gasteiger partial charge in [0.25, 0.3) is 0 Å². The summed E-state index contributed by atoms with van der Waals surface area (Å²) in [5.41, 5.74) is 0.975. The van der Waals surface area contributed by atoms with Crippen LogP contribution >= 0.6 is 23.1 Å². The van der Waals surface area contributed by atoms with Crippen molar-refractivity contribution in [2.45, 2.75) is 70.0 Å². The lowest BCUT2D eigenvalue weighted by atomic mass is 9.49. The second kappa shape index (κ2) is 10.4. The molecule has 4 saturated carbocycles. The maximum Gasteiger partial charge on any atom is 0.311 e. The second-order valence-corrected chi connectivity index (χ2v) is 12.2. The van der Waals surface area contributed by atoms with Crippen LogP contribution in [0.5, 0.6) is 0 Å². The smallest absolute Gasteiger partial charge is 0.311 e. The molecular formula is C25H33N5O3S2. The molecule has 0 atom stereocenters. The van der Waals surface area contributed by atoms with Crippen LogP contribution in [0.25, 0.3) is 0 Å². The summed E-state index contributed by atoms with van der Waals surface area (Å²) in [6.45, 7) is 6.67. The van der Waals surface area contributed by atoms with Crippen molar-refractivity contribution >= 4 is 40.1 Å². The molecule has 0 saturated heterocycles. The summed E-state index contributed by atoms with van der Waals surface area (Å²) in [5.74, 6) is 3.45. The topological polar surface area (TPSA) is 99.0 Å². The molecule has 4 aliphatic rings. The average molecular weight is 516 g/mol. The molecule has 6 rings (SSSR count). The summed E-state index contributed by atoms with van der Waals surface area (Å²) in [5, 5.41) is 14.8. The minimum Gasteiger partial charge on any atom is -0.466 e. The number of carbonyl (C=O) groups excluding carboxylic acids is 2. The van der Waals surface area contributed by atoms with Crippen LogP contribution in [0.4, 0.5) is 5.13 Å². The lowest BCUT2D eigenvalue weighted by Gasteiger charge is -2.56. The monoisotopic (exact) mass is 515 g/mol. The van der Waals surface area contributed by atoms with E-state index in [0.717, 1.165) is 35.2 Å². The number of thioether (sulfide) groups is 1. The Bertz CT molecular complexity index is 1060. The van der Waals surface area contributed by atoms with Crippen molar-refractivity contribution < 1.29 is 14.3 Å². The van der Waals surface area contributed by atoms with E-state index in [-0.39, 0.29) is 24.1 Å². The number of anilines is 1. The fraction of sp³-hybridized carbons (Fsp3) is 0.640. The van der Waals surface area contributed by atoms with Crippen molar-refractivity contribution in [3.05, 3.63) is 29.6 Å². The van der Waals surface area contributed by atoms with Gasteiger partial charge in [-0.25, -0.2) is 4.98 Å². The Morgan fingerprint density at radius 2 is 1.97 bits per heavy atom. The van der Waals surface area contributed by atoms with E-state index in [1.807, 2.05) is 6.08 Å². The molecular weight excluding hydrogens is 482 g/mol. The summed E-state index contributed by atoms with van der Waals surface area (Å²) in [6, 6.07) is 0. The molecule has 2 aromatic heterocycles. The maximum absolute atomic E-state index is 12.6. The minimum absolute atomic E-state index is 0.103. The van der Waals surface area contributed by atoms with Crippen molar-refractivity contribution in [2.75, 3.05) is 17.7 Å².